The molecule has 0 atom stereocenters. The number of nitrogens with one attached hydrogen (secondary N) is 1. The monoisotopic (exact) mass is 227 g/mol. The second-order valence-corrected chi connectivity index (χ2v) is 3.73. The number of hydrogen-bond donors (Lipinski definition) is 1. The van der Waals surface area contributed by atoms with Crippen molar-refractivity contribution in [2.45, 2.75) is 13.3 Å². The lowest BCUT2D eigenvalue weighted by molar-refractivity contribution is -0.115. The standard InChI is InChI=1S/C13H13N3O/c1-10-8-12(5-7-14-10)16-13(17)9-11-4-2-3-6-15-11/h2-8H,9H2,1H3,(H,14,16,17). The zero-order chi connectivity index (χ0) is 12.1. The van der Waals surface area contributed by atoms with Gasteiger partial charge < -0.3 is 5.32 Å². The van der Waals surface area contributed by atoms with Crippen LogP contribution in [0, 0.1) is 6.92 Å². The van der Waals surface area contributed by atoms with Gasteiger partial charge >= 0.3 is 0 Å². The van der Waals surface area contributed by atoms with E-state index in [9.17, 15) is 4.79 Å². The molecule has 0 unspecified atom stereocenters. The quantitative estimate of drug-likeness (QED) is 0.872. The van der Waals surface area contributed by atoms with Crippen molar-refractivity contribution in [3.8, 4) is 0 Å². The number of pyridine rings is 2. The van der Waals surface area contributed by atoms with Gasteiger partial charge in [-0.25, -0.2) is 0 Å². The Morgan fingerprint density at radius 1 is 1.24 bits per heavy atom. The number of nitrogens with zero attached hydrogens (tertiary/aromatic N) is 2. The van der Waals surface area contributed by atoms with Crippen LogP contribution in [-0.4, -0.2) is 15.9 Å². The van der Waals surface area contributed by atoms with Gasteiger partial charge in [0.05, 0.1) is 6.42 Å². The van der Waals surface area contributed by atoms with E-state index in [0.717, 1.165) is 17.1 Å². The number of aryl methyl sites for hydroxylation is 1. The van der Waals surface area contributed by atoms with Gasteiger partial charge in [-0.15, -0.1) is 0 Å². The highest BCUT2D eigenvalue weighted by molar-refractivity contribution is 5.91. The normalized spacial score (nSPS) is 9.94. The molecule has 17 heavy (non-hydrogen) atoms. The molecule has 0 aliphatic carbocycles. The topological polar surface area (TPSA) is 54.9 Å². The first-order valence-corrected chi connectivity index (χ1v) is 5.36. The largest absolute Gasteiger partial charge is 0.326 e. The van der Waals surface area contributed by atoms with Gasteiger partial charge in [-0.05, 0) is 31.2 Å². The molecule has 0 fully saturated rings. The zero-order valence-electron chi connectivity index (χ0n) is 9.55. The van der Waals surface area contributed by atoms with Gasteiger partial charge in [0.25, 0.3) is 0 Å². The van der Waals surface area contributed by atoms with Gasteiger partial charge in [0.1, 0.15) is 0 Å². The molecule has 0 aliphatic heterocycles. The van der Waals surface area contributed by atoms with E-state index in [1.165, 1.54) is 0 Å². The minimum Gasteiger partial charge on any atom is -0.326 e. The Bertz CT molecular complexity index is 511. The first-order valence-electron chi connectivity index (χ1n) is 5.36. The molecule has 2 heterocycles. The van der Waals surface area contributed by atoms with E-state index in [0.29, 0.717) is 0 Å². The van der Waals surface area contributed by atoms with E-state index in [2.05, 4.69) is 15.3 Å². The number of anilines is 1. The Morgan fingerprint density at radius 2 is 2.12 bits per heavy atom. The predicted octanol–water partition coefficient (Wildman–Crippen LogP) is 1.97. The van der Waals surface area contributed by atoms with Gasteiger partial charge in [-0.1, -0.05) is 6.07 Å². The molecule has 4 heteroatoms. The molecule has 0 radical (unpaired) electrons. The van der Waals surface area contributed by atoms with Crippen LogP contribution in [0.5, 0.6) is 0 Å². The van der Waals surface area contributed by atoms with Crippen LogP contribution in [0.25, 0.3) is 0 Å². The molecule has 1 N–H and O–H groups in total. The molecule has 2 aromatic rings. The fourth-order valence-electron chi connectivity index (χ4n) is 1.50. The van der Waals surface area contributed by atoms with Crippen molar-refractivity contribution in [3.05, 3.63) is 54.1 Å². The van der Waals surface area contributed by atoms with Gasteiger partial charge in [-0.2, -0.15) is 0 Å². The molecule has 0 spiro atoms. The summed E-state index contributed by atoms with van der Waals surface area (Å²) in [4.78, 5) is 19.9. The van der Waals surface area contributed by atoms with Gasteiger partial charge in [-0.3, -0.25) is 14.8 Å². The van der Waals surface area contributed by atoms with Crippen molar-refractivity contribution < 1.29 is 4.79 Å². The van der Waals surface area contributed by atoms with Gasteiger partial charge in [0.15, 0.2) is 0 Å². The average molecular weight is 227 g/mol. The molecule has 4 nitrogen and oxygen atoms in total. The summed E-state index contributed by atoms with van der Waals surface area (Å²) in [6, 6.07) is 9.12. The molecule has 86 valence electrons. The third kappa shape index (κ3) is 3.38. The molecule has 0 aliphatic rings. The fourth-order valence-corrected chi connectivity index (χ4v) is 1.50. The SMILES string of the molecule is Cc1cc(NC(=O)Cc2ccccn2)ccn1. The third-order valence-electron chi connectivity index (χ3n) is 2.25. The van der Waals surface area contributed by atoms with Crippen LogP contribution < -0.4 is 5.32 Å². The van der Waals surface area contributed by atoms with E-state index in [-0.39, 0.29) is 12.3 Å². The second-order valence-electron chi connectivity index (χ2n) is 3.73. The van der Waals surface area contributed by atoms with Crippen molar-refractivity contribution in [2.75, 3.05) is 5.32 Å². The van der Waals surface area contributed by atoms with E-state index in [1.54, 1.807) is 18.5 Å². The lowest BCUT2D eigenvalue weighted by Gasteiger charge is -2.05. The molecule has 0 saturated carbocycles. The highest BCUT2D eigenvalue weighted by Crippen LogP contribution is 2.07. The number of rotatable bonds is 3. The van der Waals surface area contributed by atoms with Crippen LogP contribution in [0.1, 0.15) is 11.4 Å². The summed E-state index contributed by atoms with van der Waals surface area (Å²) in [7, 11) is 0. The number of carbonyl (C=O) groups is 1. The number of carbonyl (C=O) groups excluding carboxylic acids is 1. The minimum atomic E-state index is -0.0747. The van der Waals surface area contributed by atoms with E-state index < -0.39 is 0 Å². The molecule has 0 aromatic carbocycles. The van der Waals surface area contributed by atoms with Crippen LogP contribution in [0.2, 0.25) is 0 Å². The van der Waals surface area contributed by atoms with E-state index in [1.807, 2.05) is 31.2 Å². The van der Waals surface area contributed by atoms with Crippen molar-refractivity contribution >= 4 is 11.6 Å². The molecule has 1 amide bonds. The Hall–Kier alpha value is -2.23. The fraction of sp³-hybridized carbons (Fsp3) is 0.154. The van der Waals surface area contributed by atoms with E-state index >= 15 is 0 Å². The van der Waals surface area contributed by atoms with Crippen LogP contribution in [0.4, 0.5) is 5.69 Å². The van der Waals surface area contributed by atoms with Crippen LogP contribution in [-0.2, 0) is 11.2 Å². The predicted molar refractivity (Wildman–Crippen MR) is 65.5 cm³/mol. The lowest BCUT2D eigenvalue weighted by Crippen LogP contribution is -2.15. The van der Waals surface area contributed by atoms with Crippen molar-refractivity contribution in [1.82, 2.24) is 9.97 Å². The van der Waals surface area contributed by atoms with Crippen molar-refractivity contribution in [3.63, 3.8) is 0 Å². The summed E-state index contributed by atoms with van der Waals surface area (Å²) < 4.78 is 0. The van der Waals surface area contributed by atoms with Gasteiger partial charge in [0, 0.05) is 29.5 Å². The first kappa shape index (κ1) is 11.3. The Labute approximate surface area is 99.7 Å². The summed E-state index contributed by atoms with van der Waals surface area (Å²) in [6.45, 7) is 1.88. The average Bonchev–Trinajstić information content (AvgIpc) is 2.30. The van der Waals surface area contributed by atoms with Crippen LogP contribution in [0.3, 0.4) is 0 Å². The van der Waals surface area contributed by atoms with E-state index in [4.69, 9.17) is 0 Å². The summed E-state index contributed by atoms with van der Waals surface area (Å²) in [5.41, 5.74) is 2.40. The summed E-state index contributed by atoms with van der Waals surface area (Å²) in [5.74, 6) is -0.0747. The number of aromatic nitrogens is 2. The summed E-state index contributed by atoms with van der Waals surface area (Å²) in [5, 5.41) is 2.81. The summed E-state index contributed by atoms with van der Waals surface area (Å²) in [6.07, 6.45) is 3.63. The molecule has 2 aromatic heterocycles. The number of amides is 1. The maximum absolute atomic E-state index is 11.7. The maximum atomic E-state index is 11.7. The first-order chi connectivity index (χ1) is 8.24. The zero-order valence-corrected chi connectivity index (χ0v) is 9.55. The van der Waals surface area contributed by atoms with Crippen molar-refractivity contribution in [1.29, 1.82) is 0 Å². The molecule has 0 bridgehead atoms. The molecular formula is C13H13N3O. The maximum Gasteiger partial charge on any atom is 0.230 e. The molecule has 2 rings (SSSR count). The van der Waals surface area contributed by atoms with Crippen LogP contribution in [0.15, 0.2) is 42.7 Å². The van der Waals surface area contributed by atoms with Crippen molar-refractivity contribution in [2.24, 2.45) is 0 Å². The minimum absolute atomic E-state index is 0.0747. The highest BCUT2D eigenvalue weighted by Gasteiger charge is 2.04. The molecule has 0 saturated heterocycles. The Balaban J connectivity index is 1.98. The molecular weight excluding hydrogens is 214 g/mol. The number of hydrogen-bond acceptors (Lipinski definition) is 3. The smallest absolute Gasteiger partial charge is 0.230 e. The second kappa shape index (κ2) is 5.21. The Kier molecular flexibility index (Phi) is 3.45. The van der Waals surface area contributed by atoms with Gasteiger partial charge in [0.2, 0.25) is 5.91 Å². The lowest BCUT2D eigenvalue weighted by atomic mass is 10.2. The Morgan fingerprint density at radius 3 is 2.82 bits per heavy atom. The summed E-state index contributed by atoms with van der Waals surface area (Å²) >= 11 is 0. The van der Waals surface area contributed by atoms with Crippen LogP contribution >= 0.6 is 0 Å². The third-order valence-corrected chi connectivity index (χ3v) is 2.25. The highest BCUT2D eigenvalue weighted by atomic mass is 16.1.